The lowest BCUT2D eigenvalue weighted by molar-refractivity contribution is 0.175. The van der Waals surface area contributed by atoms with Gasteiger partial charge in [-0.3, -0.25) is 4.68 Å². The maximum absolute atomic E-state index is 9.56. The van der Waals surface area contributed by atoms with Gasteiger partial charge >= 0.3 is 0 Å². The van der Waals surface area contributed by atoms with Crippen LogP contribution in [-0.2, 0) is 13.5 Å². The van der Waals surface area contributed by atoms with Crippen LogP contribution in [0.15, 0.2) is 12.4 Å². The zero-order valence-corrected chi connectivity index (χ0v) is 11.7. The van der Waals surface area contributed by atoms with Gasteiger partial charge in [-0.2, -0.15) is 10.4 Å². The second-order valence-corrected chi connectivity index (χ2v) is 6.17. The number of nitrogens with zero attached hydrogens (tertiary/aromatic N) is 3. The maximum atomic E-state index is 9.56. The fourth-order valence-electron chi connectivity index (χ4n) is 3.14. The Balaban J connectivity index is 2.03. The summed E-state index contributed by atoms with van der Waals surface area (Å²) in [5, 5.41) is 13.8. The van der Waals surface area contributed by atoms with Crippen molar-refractivity contribution in [3.63, 3.8) is 0 Å². The van der Waals surface area contributed by atoms with E-state index in [1.807, 2.05) is 24.1 Å². The summed E-state index contributed by atoms with van der Waals surface area (Å²) in [6, 6.07) is 2.60. The van der Waals surface area contributed by atoms with Crippen molar-refractivity contribution in [2.24, 2.45) is 24.3 Å². The smallest absolute Gasteiger partial charge is 0.0693 e. The van der Waals surface area contributed by atoms with Crippen LogP contribution in [0.3, 0.4) is 0 Å². The fourth-order valence-corrected chi connectivity index (χ4v) is 3.14. The third-order valence-corrected chi connectivity index (χ3v) is 4.47. The molecular formula is C15H23N3. The van der Waals surface area contributed by atoms with Crippen LogP contribution in [0.2, 0.25) is 0 Å². The van der Waals surface area contributed by atoms with Gasteiger partial charge in [0, 0.05) is 13.2 Å². The highest BCUT2D eigenvalue weighted by Crippen LogP contribution is 2.43. The first-order chi connectivity index (χ1) is 8.54. The number of rotatable bonds is 3. The minimum atomic E-state index is -0.144. The zero-order valence-electron chi connectivity index (χ0n) is 11.7. The van der Waals surface area contributed by atoms with E-state index in [1.54, 1.807) is 0 Å². The van der Waals surface area contributed by atoms with Gasteiger partial charge in [0.2, 0.25) is 0 Å². The molecule has 0 aliphatic heterocycles. The van der Waals surface area contributed by atoms with Gasteiger partial charge in [0.1, 0.15) is 0 Å². The molecule has 3 heteroatoms. The first-order valence-corrected chi connectivity index (χ1v) is 6.93. The van der Waals surface area contributed by atoms with Crippen molar-refractivity contribution < 1.29 is 0 Å². The maximum Gasteiger partial charge on any atom is 0.0693 e. The van der Waals surface area contributed by atoms with E-state index in [9.17, 15) is 5.26 Å². The molecule has 0 spiro atoms. The van der Waals surface area contributed by atoms with Crippen LogP contribution in [0, 0.1) is 28.6 Å². The second-order valence-electron chi connectivity index (χ2n) is 6.17. The summed E-state index contributed by atoms with van der Waals surface area (Å²) in [7, 11) is 1.93. The molecule has 0 radical (unpaired) electrons. The molecule has 1 fully saturated rings. The summed E-state index contributed by atoms with van der Waals surface area (Å²) in [6.45, 7) is 4.59. The van der Waals surface area contributed by atoms with Crippen molar-refractivity contribution in [1.82, 2.24) is 9.78 Å². The topological polar surface area (TPSA) is 41.6 Å². The molecule has 3 nitrogen and oxygen atoms in total. The van der Waals surface area contributed by atoms with Crippen molar-refractivity contribution >= 4 is 0 Å². The predicted molar refractivity (Wildman–Crippen MR) is 71.8 cm³/mol. The van der Waals surface area contributed by atoms with E-state index in [4.69, 9.17) is 0 Å². The molecule has 1 aliphatic rings. The molecule has 0 amide bonds. The van der Waals surface area contributed by atoms with Crippen molar-refractivity contribution in [3.8, 4) is 6.07 Å². The lowest BCUT2D eigenvalue weighted by Crippen LogP contribution is -2.29. The minimum Gasteiger partial charge on any atom is -0.276 e. The Labute approximate surface area is 110 Å². The zero-order chi connectivity index (χ0) is 13.2. The highest BCUT2D eigenvalue weighted by molar-refractivity contribution is 5.14. The van der Waals surface area contributed by atoms with E-state index >= 15 is 0 Å². The highest BCUT2D eigenvalue weighted by Gasteiger charge is 2.36. The first kappa shape index (κ1) is 13.1. The number of hydrogen-bond acceptors (Lipinski definition) is 2. The Kier molecular flexibility index (Phi) is 3.75. The van der Waals surface area contributed by atoms with Crippen molar-refractivity contribution in [2.75, 3.05) is 0 Å². The molecule has 0 aromatic carbocycles. The Morgan fingerprint density at radius 3 is 2.61 bits per heavy atom. The van der Waals surface area contributed by atoms with Crippen molar-refractivity contribution in [1.29, 1.82) is 5.26 Å². The number of aryl methyl sites for hydroxylation is 1. The Bertz CT molecular complexity index is 431. The number of nitriles is 1. The molecule has 0 N–H and O–H groups in total. The van der Waals surface area contributed by atoms with Crippen LogP contribution in [0.4, 0.5) is 0 Å². The van der Waals surface area contributed by atoms with Gasteiger partial charge in [0.25, 0.3) is 0 Å². The van der Waals surface area contributed by atoms with Gasteiger partial charge in [0.15, 0.2) is 0 Å². The Morgan fingerprint density at radius 1 is 1.50 bits per heavy atom. The molecule has 98 valence electrons. The lowest BCUT2D eigenvalue weighted by atomic mass is 9.66. The van der Waals surface area contributed by atoms with Gasteiger partial charge in [-0.1, -0.05) is 13.8 Å². The molecule has 0 atom stereocenters. The second kappa shape index (κ2) is 5.14. The summed E-state index contributed by atoms with van der Waals surface area (Å²) >= 11 is 0. The monoisotopic (exact) mass is 245 g/mol. The lowest BCUT2D eigenvalue weighted by Gasteiger charge is -2.36. The molecule has 18 heavy (non-hydrogen) atoms. The van der Waals surface area contributed by atoms with Crippen LogP contribution in [-0.4, -0.2) is 9.78 Å². The van der Waals surface area contributed by atoms with Crippen LogP contribution < -0.4 is 0 Å². The van der Waals surface area contributed by atoms with Gasteiger partial charge < -0.3 is 0 Å². The van der Waals surface area contributed by atoms with E-state index in [1.165, 1.54) is 18.4 Å². The highest BCUT2D eigenvalue weighted by atomic mass is 15.2. The molecule has 1 aromatic heterocycles. The third-order valence-electron chi connectivity index (χ3n) is 4.47. The molecule has 1 aliphatic carbocycles. The minimum absolute atomic E-state index is 0.144. The molecular weight excluding hydrogens is 222 g/mol. The summed E-state index contributed by atoms with van der Waals surface area (Å²) in [4.78, 5) is 0. The summed E-state index contributed by atoms with van der Waals surface area (Å²) in [5.41, 5.74) is 1.05. The molecule has 1 saturated carbocycles. The van der Waals surface area contributed by atoms with E-state index in [2.05, 4.69) is 25.0 Å². The fraction of sp³-hybridized carbons (Fsp3) is 0.733. The SMILES string of the molecule is CC(C)C1CCC(C#N)(Cc2cnn(C)c2)CC1. The third kappa shape index (κ3) is 2.75. The van der Waals surface area contributed by atoms with Gasteiger partial charge in [-0.15, -0.1) is 0 Å². The summed E-state index contributed by atoms with van der Waals surface area (Å²) in [5.74, 6) is 1.56. The van der Waals surface area contributed by atoms with E-state index < -0.39 is 0 Å². The molecule has 2 rings (SSSR count). The molecule has 1 heterocycles. The first-order valence-electron chi connectivity index (χ1n) is 6.93. The van der Waals surface area contributed by atoms with Crippen LogP contribution in [0.5, 0.6) is 0 Å². The summed E-state index contributed by atoms with van der Waals surface area (Å²) < 4.78 is 1.82. The van der Waals surface area contributed by atoms with Gasteiger partial charge in [-0.05, 0) is 49.5 Å². The molecule has 1 aromatic rings. The van der Waals surface area contributed by atoms with E-state index in [-0.39, 0.29) is 5.41 Å². The molecule has 0 saturated heterocycles. The van der Waals surface area contributed by atoms with Crippen LogP contribution >= 0.6 is 0 Å². The largest absolute Gasteiger partial charge is 0.276 e. The average molecular weight is 245 g/mol. The van der Waals surface area contributed by atoms with Gasteiger partial charge in [0.05, 0.1) is 17.7 Å². The van der Waals surface area contributed by atoms with Crippen molar-refractivity contribution in [2.45, 2.75) is 46.0 Å². The average Bonchev–Trinajstić information content (AvgIpc) is 2.75. The van der Waals surface area contributed by atoms with Gasteiger partial charge in [-0.25, -0.2) is 0 Å². The van der Waals surface area contributed by atoms with Crippen molar-refractivity contribution in [3.05, 3.63) is 18.0 Å². The molecule has 0 bridgehead atoms. The van der Waals surface area contributed by atoms with E-state index in [0.29, 0.717) is 0 Å². The van der Waals surface area contributed by atoms with Crippen LogP contribution in [0.1, 0.15) is 45.1 Å². The number of hydrogen-bond donors (Lipinski definition) is 0. The Hall–Kier alpha value is -1.30. The number of aromatic nitrogens is 2. The standard InChI is InChI=1S/C15H23N3/c1-12(2)14-4-6-15(11-16,7-5-14)8-13-9-17-18(3)10-13/h9-10,12,14H,4-8H2,1-3H3. The van der Waals surface area contributed by atoms with Crippen LogP contribution in [0.25, 0.3) is 0 Å². The normalized spacial score (nSPS) is 28.3. The Morgan fingerprint density at radius 2 is 2.17 bits per heavy atom. The predicted octanol–water partition coefficient (Wildman–Crippen LogP) is 3.32. The molecule has 0 unspecified atom stereocenters. The van der Waals surface area contributed by atoms with E-state index in [0.717, 1.165) is 31.1 Å². The quantitative estimate of drug-likeness (QED) is 0.819. The summed E-state index contributed by atoms with van der Waals surface area (Å²) in [6.07, 6.45) is 9.28.